The first-order valence-electron chi connectivity index (χ1n) is 5.09. The minimum Gasteiger partial charge on any atom is -0.329 e. The van der Waals surface area contributed by atoms with Gasteiger partial charge in [0.15, 0.2) is 0 Å². The fraction of sp³-hybridized carbons (Fsp3) is 1.00. The molecule has 5 heteroatoms. The molecule has 0 spiro atoms. The summed E-state index contributed by atoms with van der Waals surface area (Å²) in [6.45, 7) is 3.90. The van der Waals surface area contributed by atoms with Crippen molar-refractivity contribution in [3.8, 4) is 0 Å². The minimum atomic E-state index is -3.98. The maximum atomic E-state index is 10.9. The lowest BCUT2D eigenvalue weighted by Gasteiger charge is -2.19. The van der Waals surface area contributed by atoms with Crippen molar-refractivity contribution in [3.05, 3.63) is 0 Å². The maximum Gasteiger partial charge on any atom is 0.269 e. The van der Waals surface area contributed by atoms with Crippen LogP contribution in [-0.2, 0) is 10.1 Å². The van der Waals surface area contributed by atoms with Crippen LogP contribution in [0, 0.1) is 5.92 Å². The van der Waals surface area contributed by atoms with Crippen molar-refractivity contribution in [3.63, 3.8) is 0 Å². The van der Waals surface area contributed by atoms with Crippen molar-refractivity contribution in [2.45, 2.75) is 44.8 Å². The smallest absolute Gasteiger partial charge is 0.269 e. The molecule has 0 fully saturated rings. The van der Waals surface area contributed by atoms with Gasteiger partial charge in [0.25, 0.3) is 10.1 Å². The molecule has 86 valence electrons. The largest absolute Gasteiger partial charge is 0.329 e. The van der Waals surface area contributed by atoms with Gasteiger partial charge in [-0.25, -0.2) is 0 Å². The average molecular weight is 223 g/mol. The van der Waals surface area contributed by atoms with E-state index in [1.54, 1.807) is 0 Å². The van der Waals surface area contributed by atoms with E-state index < -0.39 is 15.4 Å². The molecule has 0 aliphatic carbocycles. The van der Waals surface area contributed by atoms with E-state index >= 15 is 0 Å². The highest BCUT2D eigenvalue weighted by molar-refractivity contribution is 7.86. The third kappa shape index (κ3) is 4.93. The molecule has 2 atom stereocenters. The summed E-state index contributed by atoms with van der Waals surface area (Å²) in [5, 5.41) is -0.806. The van der Waals surface area contributed by atoms with Crippen molar-refractivity contribution in [1.82, 2.24) is 0 Å². The lowest BCUT2D eigenvalue weighted by Crippen LogP contribution is -2.35. The molecular formula is C9H21NO3S. The molecule has 0 aromatic heterocycles. The van der Waals surface area contributed by atoms with Gasteiger partial charge in [0.1, 0.15) is 5.25 Å². The third-order valence-corrected chi connectivity index (χ3v) is 3.93. The van der Waals surface area contributed by atoms with Crippen molar-refractivity contribution < 1.29 is 13.0 Å². The summed E-state index contributed by atoms with van der Waals surface area (Å²) in [4.78, 5) is 0. The van der Waals surface area contributed by atoms with Gasteiger partial charge < -0.3 is 5.73 Å². The Morgan fingerprint density at radius 3 is 2.29 bits per heavy atom. The molecule has 0 heterocycles. The van der Waals surface area contributed by atoms with Crippen LogP contribution >= 0.6 is 0 Å². The molecule has 4 nitrogen and oxygen atoms in total. The SMILES string of the molecule is CCCCCC(C)C(CN)S(=O)(=O)O. The lowest BCUT2D eigenvalue weighted by atomic mass is 10.00. The Labute approximate surface area is 86.6 Å². The molecule has 14 heavy (non-hydrogen) atoms. The van der Waals surface area contributed by atoms with E-state index in [0.717, 1.165) is 25.7 Å². The van der Waals surface area contributed by atoms with E-state index in [1.165, 1.54) is 0 Å². The molecule has 0 rings (SSSR count). The van der Waals surface area contributed by atoms with E-state index in [0.29, 0.717) is 0 Å². The molecule has 0 aliphatic rings. The lowest BCUT2D eigenvalue weighted by molar-refractivity contribution is 0.412. The van der Waals surface area contributed by atoms with E-state index in [1.807, 2.05) is 6.92 Å². The summed E-state index contributed by atoms with van der Waals surface area (Å²) >= 11 is 0. The maximum absolute atomic E-state index is 10.9. The number of hydrogen-bond acceptors (Lipinski definition) is 3. The van der Waals surface area contributed by atoms with Crippen molar-refractivity contribution in [1.29, 1.82) is 0 Å². The molecular weight excluding hydrogens is 202 g/mol. The summed E-state index contributed by atoms with van der Waals surface area (Å²) in [5.41, 5.74) is 5.32. The van der Waals surface area contributed by atoms with E-state index in [9.17, 15) is 8.42 Å². The van der Waals surface area contributed by atoms with Crippen molar-refractivity contribution >= 4 is 10.1 Å². The van der Waals surface area contributed by atoms with Gasteiger partial charge in [0.2, 0.25) is 0 Å². The van der Waals surface area contributed by atoms with Gasteiger partial charge in [-0.2, -0.15) is 8.42 Å². The summed E-state index contributed by atoms with van der Waals surface area (Å²) in [7, 11) is -3.98. The molecule has 2 unspecified atom stereocenters. The van der Waals surface area contributed by atoms with Crippen LogP contribution in [0.15, 0.2) is 0 Å². The van der Waals surface area contributed by atoms with E-state index in [-0.39, 0.29) is 12.5 Å². The molecule has 0 bridgehead atoms. The van der Waals surface area contributed by atoms with E-state index in [4.69, 9.17) is 10.3 Å². The quantitative estimate of drug-likeness (QED) is 0.505. The molecule has 0 radical (unpaired) electrons. The average Bonchev–Trinajstić information content (AvgIpc) is 2.03. The van der Waals surface area contributed by atoms with Crippen LogP contribution in [0.4, 0.5) is 0 Å². The van der Waals surface area contributed by atoms with Gasteiger partial charge in [-0.1, -0.05) is 33.1 Å². The molecule has 0 aliphatic heterocycles. The summed E-state index contributed by atoms with van der Waals surface area (Å²) in [6, 6.07) is 0. The number of nitrogens with two attached hydrogens (primary N) is 1. The zero-order valence-corrected chi connectivity index (χ0v) is 9.76. The van der Waals surface area contributed by atoms with Crippen LogP contribution < -0.4 is 5.73 Å². The Bertz CT molecular complexity index is 238. The Morgan fingerprint density at radius 1 is 1.36 bits per heavy atom. The monoisotopic (exact) mass is 223 g/mol. The Hall–Kier alpha value is -0.130. The summed E-state index contributed by atoms with van der Waals surface area (Å²) in [5.74, 6) is -0.0680. The second kappa shape index (κ2) is 6.37. The molecule has 0 amide bonds. The van der Waals surface area contributed by atoms with Gasteiger partial charge >= 0.3 is 0 Å². The predicted molar refractivity (Wildman–Crippen MR) is 57.7 cm³/mol. The number of unbranched alkanes of at least 4 members (excludes halogenated alkanes) is 2. The zero-order chi connectivity index (χ0) is 11.2. The Kier molecular flexibility index (Phi) is 6.31. The second-order valence-corrected chi connectivity index (χ2v) is 5.40. The summed E-state index contributed by atoms with van der Waals surface area (Å²) in [6.07, 6.45) is 3.98. The molecule has 0 saturated carbocycles. The molecule has 3 N–H and O–H groups in total. The molecule has 0 aromatic rings. The third-order valence-electron chi connectivity index (χ3n) is 2.51. The van der Waals surface area contributed by atoms with Crippen LogP contribution in [0.3, 0.4) is 0 Å². The van der Waals surface area contributed by atoms with Crippen LogP contribution in [0.25, 0.3) is 0 Å². The van der Waals surface area contributed by atoms with Gasteiger partial charge in [-0.15, -0.1) is 0 Å². The minimum absolute atomic E-state index is 0.00781. The zero-order valence-electron chi connectivity index (χ0n) is 8.94. The number of rotatable bonds is 7. The van der Waals surface area contributed by atoms with Gasteiger partial charge in [0, 0.05) is 6.54 Å². The first-order chi connectivity index (χ1) is 6.43. The highest BCUT2D eigenvalue weighted by Crippen LogP contribution is 2.17. The fourth-order valence-electron chi connectivity index (χ4n) is 1.55. The first kappa shape index (κ1) is 13.9. The Morgan fingerprint density at radius 2 is 1.93 bits per heavy atom. The second-order valence-electron chi connectivity index (χ2n) is 3.76. The topological polar surface area (TPSA) is 80.4 Å². The highest BCUT2D eigenvalue weighted by Gasteiger charge is 2.27. The normalized spacial score (nSPS) is 16.6. The van der Waals surface area contributed by atoms with Crippen LogP contribution in [-0.4, -0.2) is 24.8 Å². The standard InChI is InChI=1S/C9H21NO3S/c1-3-4-5-6-8(2)9(7-10)14(11,12)13/h8-9H,3-7,10H2,1-2H3,(H,11,12,13). The number of hydrogen-bond donors (Lipinski definition) is 2. The van der Waals surface area contributed by atoms with E-state index in [2.05, 4.69) is 6.92 Å². The molecule has 0 aromatic carbocycles. The first-order valence-corrected chi connectivity index (χ1v) is 6.60. The fourth-order valence-corrected chi connectivity index (χ4v) is 2.52. The van der Waals surface area contributed by atoms with Gasteiger partial charge in [0.05, 0.1) is 0 Å². The van der Waals surface area contributed by atoms with Crippen molar-refractivity contribution in [2.75, 3.05) is 6.54 Å². The van der Waals surface area contributed by atoms with Gasteiger partial charge in [-0.05, 0) is 12.3 Å². The van der Waals surface area contributed by atoms with Crippen LogP contribution in [0.5, 0.6) is 0 Å². The van der Waals surface area contributed by atoms with Crippen molar-refractivity contribution in [2.24, 2.45) is 11.7 Å². The summed E-state index contributed by atoms with van der Waals surface area (Å²) < 4.78 is 30.7. The van der Waals surface area contributed by atoms with Crippen LogP contribution in [0.1, 0.15) is 39.5 Å². The van der Waals surface area contributed by atoms with Crippen LogP contribution in [0.2, 0.25) is 0 Å². The Balaban J connectivity index is 4.12. The van der Waals surface area contributed by atoms with Gasteiger partial charge in [-0.3, -0.25) is 4.55 Å². The molecule has 0 saturated heterocycles. The predicted octanol–water partition coefficient (Wildman–Crippen LogP) is 1.42. The highest BCUT2D eigenvalue weighted by atomic mass is 32.2.